The Morgan fingerprint density at radius 3 is 2.92 bits per heavy atom. The summed E-state index contributed by atoms with van der Waals surface area (Å²) >= 11 is 5.46. The minimum absolute atomic E-state index is 0.175. The molecule has 0 spiro atoms. The van der Waals surface area contributed by atoms with Gasteiger partial charge < -0.3 is 5.32 Å². The van der Waals surface area contributed by atoms with Gasteiger partial charge in [-0.25, -0.2) is 8.78 Å². The molecule has 0 bridgehead atoms. The normalized spacial score (nSPS) is 10.3. The van der Waals surface area contributed by atoms with Gasteiger partial charge in [-0.3, -0.25) is 0 Å². The number of rotatable bonds is 3. The van der Waals surface area contributed by atoms with Crippen LogP contribution in [0.25, 0.3) is 0 Å². The summed E-state index contributed by atoms with van der Waals surface area (Å²) in [6.45, 7) is -0.415. The molecule has 3 nitrogen and oxygen atoms in total. The second-order valence-electron chi connectivity index (χ2n) is 2.04. The van der Waals surface area contributed by atoms with Crippen LogP contribution in [0.4, 0.5) is 14.5 Å². The molecule has 1 aromatic rings. The van der Waals surface area contributed by atoms with Gasteiger partial charge in [-0.15, -0.1) is 5.10 Å². The van der Waals surface area contributed by atoms with Crippen molar-refractivity contribution in [3.8, 4) is 0 Å². The van der Waals surface area contributed by atoms with E-state index in [0.29, 0.717) is 5.69 Å². The van der Waals surface area contributed by atoms with Gasteiger partial charge in [-0.05, 0) is 0 Å². The number of aromatic nitrogens is 2. The Balaban J connectivity index is 2.52. The maximum atomic E-state index is 11.7. The van der Waals surface area contributed by atoms with Crippen molar-refractivity contribution in [2.45, 2.75) is 6.43 Å². The average Bonchev–Trinajstić information content (AvgIpc) is 2.01. The molecule has 0 saturated carbocycles. The Labute approximate surface area is 72.8 Å². The lowest BCUT2D eigenvalue weighted by Crippen LogP contribution is -2.10. The molecule has 12 heavy (non-hydrogen) atoms. The molecule has 6 heteroatoms. The van der Waals surface area contributed by atoms with Crippen molar-refractivity contribution < 1.29 is 8.78 Å². The maximum absolute atomic E-state index is 11.7. The first-order chi connectivity index (χ1) is 5.68. The van der Waals surface area contributed by atoms with Crippen LogP contribution in [0.2, 0.25) is 5.15 Å². The minimum Gasteiger partial charge on any atom is -0.378 e. The molecule has 1 heterocycles. The van der Waals surface area contributed by atoms with E-state index in [1.807, 2.05) is 0 Å². The first kappa shape index (κ1) is 9.12. The zero-order valence-electron chi connectivity index (χ0n) is 5.97. The van der Waals surface area contributed by atoms with Crippen LogP contribution < -0.4 is 5.32 Å². The molecule has 0 unspecified atom stereocenters. The monoisotopic (exact) mass is 193 g/mol. The number of hydrogen-bond donors (Lipinski definition) is 1. The summed E-state index contributed by atoms with van der Waals surface area (Å²) in [7, 11) is 0. The smallest absolute Gasteiger partial charge is 0.255 e. The third-order valence-electron chi connectivity index (χ3n) is 1.09. The standard InChI is InChI=1S/C6H6ClF2N3/c7-5-1-4(2-11-12-5)10-3-6(8)9/h1-2,6H,3H2,(H,10,12). The summed E-state index contributed by atoms with van der Waals surface area (Å²) in [5.74, 6) is 0. The van der Waals surface area contributed by atoms with Gasteiger partial charge >= 0.3 is 0 Å². The zero-order valence-corrected chi connectivity index (χ0v) is 6.72. The third-order valence-corrected chi connectivity index (χ3v) is 1.27. The fraction of sp³-hybridized carbons (Fsp3) is 0.333. The highest BCUT2D eigenvalue weighted by molar-refractivity contribution is 6.29. The van der Waals surface area contributed by atoms with Crippen LogP contribution in [0.3, 0.4) is 0 Å². The molecule has 1 N–H and O–H groups in total. The predicted molar refractivity (Wildman–Crippen MR) is 41.5 cm³/mol. The molecule has 0 aliphatic carbocycles. The van der Waals surface area contributed by atoms with E-state index < -0.39 is 13.0 Å². The Morgan fingerprint density at radius 2 is 2.33 bits per heavy atom. The van der Waals surface area contributed by atoms with Crippen LogP contribution in [0.1, 0.15) is 0 Å². The van der Waals surface area contributed by atoms with Crippen molar-refractivity contribution >= 4 is 17.3 Å². The summed E-state index contributed by atoms with van der Waals surface area (Å²) in [4.78, 5) is 0. The van der Waals surface area contributed by atoms with Gasteiger partial charge in [0.2, 0.25) is 0 Å². The lowest BCUT2D eigenvalue weighted by Gasteiger charge is -2.03. The summed E-state index contributed by atoms with van der Waals surface area (Å²) in [5, 5.41) is 9.55. The molecule has 0 aliphatic heterocycles. The second kappa shape index (κ2) is 4.15. The minimum atomic E-state index is -2.39. The number of halogens is 3. The van der Waals surface area contributed by atoms with E-state index in [-0.39, 0.29) is 5.15 Å². The molecule has 0 aromatic carbocycles. The van der Waals surface area contributed by atoms with Crippen molar-refractivity contribution in [3.05, 3.63) is 17.4 Å². The van der Waals surface area contributed by atoms with E-state index in [0.717, 1.165) is 0 Å². The molecule has 1 rings (SSSR count). The first-order valence-electron chi connectivity index (χ1n) is 3.19. The van der Waals surface area contributed by atoms with E-state index in [1.165, 1.54) is 12.3 Å². The van der Waals surface area contributed by atoms with Crippen LogP contribution in [-0.2, 0) is 0 Å². The van der Waals surface area contributed by atoms with E-state index in [4.69, 9.17) is 11.6 Å². The molecule has 0 atom stereocenters. The fourth-order valence-electron chi connectivity index (χ4n) is 0.632. The van der Waals surface area contributed by atoms with Crippen molar-refractivity contribution in [1.29, 1.82) is 0 Å². The Bertz CT molecular complexity index is 256. The molecule has 0 aliphatic rings. The van der Waals surface area contributed by atoms with E-state index in [1.54, 1.807) is 0 Å². The van der Waals surface area contributed by atoms with E-state index >= 15 is 0 Å². The van der Waals surface area contributed by atoms with Gasteiger partial charge in [0.25, 0.3) is 6.43 Å². The van der Waals surface area contributed by atoms with Crippen LogP contribution in [0, 0.1) is 0 Å². The summed E-state index contributed by atoms with van der Waals surface area (Å²) in [6, 6.07) is 1.43. The largest absolute Gasteiger partial charge is 0.378 e. The van der Waals surface area contributed by atoms with Gasteiger partial charge in [0.1, 0.15) is 0 Å². The maximum Gasteiger partial charge on any atom is 0.255 e. The molecule has 0 saturated heterocycles. The topological polar surface area (TPSA) is 37.8 Å². The molecular weight excluding hydrogens is 188 g/mol. The summed E-state index contributed by atoms with van der Waals surface area (Å²) in [5.41, 5.74) is 0.440. The quantitative estimate of drug-likeness (QED) is 0.796. The molecule has 0 radical (unpaired) electrons. The third kappa shape index (κ3) is 2.96. The number of alkyl halides is 2. The number of nitrogens with zero attached hydrogens (tertiary/aromatic N) is 2. The molecule has 0 amide bonds. The summed E-state index contributed by atoms with van der Waals surface area (Å²) in [6.07, 6.45) is -1.06. The van der Waals surface area contributed by atoms with Gasteiger partial charge in [0.05, 0.1) is 18.4 Å². The highest BCUT2D eigenvalue weighted by atomic mass is 35.5. The van der Waals surface area contributed by atoms with Crippen molar-refractivity contribution in [2.24, 2.45) is 0 Å². The lowest BCUT2D eigenvalue weighted by atomic mass is 10.4. The molecule has 1 aromatic heterocycles. The summed E-state index contributed by atoms with van der Waals surface area (Å²) < 4.78 is 23.4. The van der Waals surface area contributed by atoms with Crippen molar-refractivity contribution in [3.63, 3.8) is 0 Å². The first-order valence-corrected chi connectivity index (χ1v) is 3.56. The Morgan fingerprint density at radius 1 is 1.58 bits per heavy atom. The molecule has 66 valence electrons. The Kier molecular flexibility index (Phi) is 3.16. The van der Waals surface area contributed by atoms with Gasteiger partial charge in [-0.1, -0.05) is 11.6 Å². The van der Waals surface area contributed by atoms with Crippen LogP contribution in [-0.4, -0.2) is 23.2 Å². The van der Waals surface area contributed by atoms with Crippen LogP contribution >= 0.6 is 11.6 Å². The van der Waals surface area contributed by atoms with Crippen LogP contribution in [0.5, 0.6) is 0 Å². The van der Waals surface area contributed by atoms with Gasteiger partial charge in [0, 0.05) is 6.07 Å². The highest BCUT2D eigenvalue weighted by Gasteiger charge is 2.01. The number of hydrogen-bond acceptors (Lipinski definition) is 3. The predicted octanol–water partition coefficient (Wildman–Crippen LogP) is 1.81. The lowest BCUT2D eigenvalue weighted by molar-refractivity contribution is 0.163. The van der Waals surface area contributed by atoms with Gasteiger partial charge in [-0.2, -0.15) is 5.10 Å². The van der Waals surface area contributed by atoms with Gasteiger partial charge in [0.15, 0.2) is 5.15 Å². The average molecular weight is 194 g/mol. The zero-order chi connectivity index (χ0) is 8.97. The SMILES string of the molecule is FC(F)CNc1cnnc(Cl)c1. The number of anilines is 1. The fourth-order valence-corrected chi connectivity index (χ4v) is 0.794. The van der Waals surface area contributed by atoms with Crippen molar-refractivity contribution in [1.82, 2.24) is 10.2 Å². The van der Waals surface area contributed by atoms with Crippen LogP contribution in [0.15, 0.2) is 12.3 Å². The number of nitrogens with one attached hydrogen (secondary N) is 1. The molecule has 0 fully saturated rings. The molecular formula is C6H6ClF2N3. The van der Waals surface area contributed by atoms with Crippen molar-refractivity contribution in [2.75, 3.05) is 11.9 Å². The van der Waals surface area contributed by atoms with E-state index in [9.17, 15) is 8.78 Å². The second-order valence-corrected chi connectivity index (χ2v) is 2.43. The highest BCUT2D eigenvalue weighted by Crippen LogP contribution is 2.10. The van der Waals surface area contributed by atoms with E-state index in [2.05, 4.69) is 15.5 Å². The Hall–Kier alpha value is -0.970.